The van der Waals surface area contributed by atoms with E-state index in [9.17, 15) is 19.0 Å². The highest BCUT2D eigenvalue weighted by molar-refractivity contribution is 7.47. The summed E-state index contributed by atoms with van der Waals surface area (Å²) in [6.07, 6.45) is 97.2. The zero-order valence-corrected chi connectivity index (χ0v) is 55.7. The van der Waals surface area contributed by atoms with Crippen molar-refractivity contribution in [1.29, 1.82) is 0 Å². The second-order valence-corrected chi connectivity index (χ2v) is 24.4. The molecule has 0 saturated heterocycles. The number of carbonyl (C=O) groups is 2. The van der Waals surface area contributed by atoms with Crippen LogP contribution in [0.1, 0.15) is 309 Å². The smallest absolute Gasteiger partial charge is 0.462 e. The third kappa shape index (κ3) is 69.4. The molecule has 85 heavy (non-hydrogen) atoms. The maximum Gasteiger partial charge on any atom is 0.472 e. The molecule has 0 heterocycles. The van der Waals surface area contributed by atoms with Crippen LogP contribution in [-0.2, 0) is 32.7 Å². The predicted octanol–water partition coefficient (Wildman–Crippen LogP) is 23.1. The zero-order valence-electron chi connectivity index (χ0n) is 54.8. The number of rotatable bonds is 65. The molecule has 2 unspecified atom stereocenters. The van der Waals surface area contributed by atoms with Gasteiger partial charge in [0.05, 0.1) is 13.2 Å². The van der Waals surface area contributed by atoms with E-state index in [4.69, 9.17) is 24.3 Å². The number of hydrogen-bond donors (Lipinski definition) is 2. The molecule has 0 aliphatic heterocycles. The highest BCUT2D eigenvalue weighted by atomic mass is 31.2. The fraction of sp³-hybridized carbons (Fsp3) is 0.707. The van der Waals surface area contributed by atoms with E-state index >= 15 is 0 Å². The number of esters is 2. The van der Waals surface area contributed by atoms with Gasteiger partial charge in [-0.1, -0.05) is 315 Å². The minimum absolute atomic E-state index is 0.0502. The first-order valence-corrected chi connectivity index (χ1v) is 36.5. The first-order chi connectivity index (χ1) is 41.8. The first kappa shape index (κ1) is 81.4. The van der Waals surface area contributed by atoms with Gasteiger partial charge in [0.15, 0.2) is 6.10 Å². The minimum Gasteiger partial charge on any atom is -0.462 e. The van der Waals surface area contributed by atoms with E-state index in [0.29, 0.717) is 6.42 Å². The number of allylic oxidation sites excluding steroid dienone is 20. The topological polar surface area (TPSA) is 134 Å². The number of phosphoric ester groups is 1. The number of carbonyl (C=O) groups excluding carboxylic acids is 2. The van der Waals surface area contributed by atoms with Crippen molar-refractivity contribution in [1.82, 2.24) is 0 Å². The molecule has 0 saturated carbocycles. The molecule has 0 aliphatic rings. The summed E-state index contributed by atoms with van der Waals surface area (Å²) in [6, 6.07) is 0. The van der Waals surface area contributed by atoms with Gasteiger partial charge in [0.25, 0.3) is 0 Å². The molecule has 488 valence electrons. The highest BCUT2D eigenvalue weighted by Crippen LogP contribution is 2.43. The van der Waals surface area contributed by atoms with Crippen LogP contribution in [0.2, 0.25) is 0 Å². The summed E-state index contributed by atoms with van der Waals surface area (Å²) < 4.78 is 33.2. The molecule has 0 radical (unpaired) electrons. The van der Waals surface area contributed by atoms with E-state index in [-0.39, 0.29) is 38.6 Å². The van der Waals surface area contributed by atoms with Crippen molar-refractivity contribution < 1.29 is 37.6 Å². The lowest BCUT2D eigenvalue weighted by Gasteiger charge is -2.19. The van der Waals surface area contributed by atoms with Gasteiger partial charge in [-0.3, -0.25) is 18.6 Å². The molecule has 0 aromatic heterocycles. The Bertz CT molecular complexity index is 1810. The summed E-state index contributed by atoms with van der Waals surface area (Å²) in [5.41, 5.74) is 5.40. The van der Waals surface area contributed by atoms with Crippen LogP contribution in [0.15, 0.2) is 122 Å². The number of hydrogen-bond acceptors (Lipinski definition) is 8. The van der Waals surface area contributed by atoms with E-state index in [1.54, 1.807) is 0 Å². The third-order valence-electron chi connectivity index (χ3n) is 14.8. The lowest BCUT2D eigenvalue weighted by molar-refractivity contribution is -0.161. The molecule has 9 nitrogen and oxygen atoms in total. The predicted molar refractivity (Wildman–Crippen MR) is 367 cm³/mol. The SMILES string of the molecule is CC/C=C\C/C=C\C/C=C\C/C=C\C/C=C\CCCCCCCCCCCCCCCCCCCCCC(=O)OC(COC(=O)CCCCCCCCCCCCCCC/C=C\C/C=C\C/C=C\C/C=C\C/C=C\CC)COP(=O)(O)OCCN. The van der Waals surface area contributed by atoms with Crippen LogP contribution < -0.4 is 5.73 Å². The van der Waals surface area contributed by atoms with Crippen molar-refractivity contribution in [2.45, 2.75) is 315 Å². The van der Waals surface area contributed by atoms with Gasteiger partial charge in [-0.2, -0.15) is 0 Å². The summed E-state index contributed by atoms with van der Waals surface area (Å²) >= 11 is 0. The van der Waals surface area contributed by atoms with E-state index in [1.165, 1.54) is 173 Å². The molecule has 0 aromatic rings. The quantitative estimate of drug-likeness (QED) is 0.0264. The van der Waals surface area contributed by atoms with Gasteiger partial charge < -0.3 is 20.1 Å². The Balaban J connectivity index is 3.87. The lowest BCUT2D eigenvalue weighted by atomic mass is 10.0. The van der Waals surface area contributed by atoms with E-state index < -0.39 is 26.5 Å². The second-order valence-electron chi connectivity index (χ2n) is 23.0. The first-order valence-electron chi connectivity index (χ1n) is 35.0. The summed E-state index contributed by atoms with van der Waals surface area (Å²) in [5, 5.41) is 0. The fourth-order valence-electron chi connectivity index (χ4n) is 9.75. The Morgan fingerprint density at radius 3 is 0.906 bits per heavy atom. The molecule has 3 N–H and O–H groups in total. The van der Waals surface area contributed by atoms with Gasteiger partial charge in [-0.25, -0.2) is 4.57 Å². The van der Waals surface area contributed by atoms with Crippen LogP contribution in [0.5, 0.6) is 0 Å². The largest absolute Gasteiger partial charge is 0.472 e. The summed E-state index contributed by atoms with van der Waals surface area (Å²) in [5.74, 6) is -0.822. The normalized spacial score (nSPS) is 13.7. The number of nitrogens with two attached hydrogens (primary N) is 1. The van der Waals surface area contributed by atoms with Gasteiger partial charge in [0, 0.05) is 19.4 Å². The molecule has 0 amide bonds. The molecule has 0 rings (SSSR count). The van der Waals surface area contributed by atoms with Crippen LogP contribution in [0, 0.1) is 0 Å². The number of phosphoric acid groups is 1. The lowest BCUT2D eigenvalue weighted by Crippen LogP contribution is -2.29. The molecular weight excluding hydrogens is 1070 g/mol. The minimum atomic E-state index is -4.40. The standard InChI is InChI=1S/C75H130NO8P/c1-3-5-7-9-11-13-15-17-19-21-23-25-27-29-31-33-34-35-36-37-38-40-42-44-46-48-50-52-54-56-58-60-62-64-66-68-75(78)84-73(72-83-85(79,80)82-70-69-76)71-81-74(77)67-65-63-61-59-57-55-53-51-49-47-45-43-41-39-32-30-28-26-24-22-20-18-16-14-12-10-8-6-4-2/h5-8,11-14,17-20,23-26,29-32,73H,3-4,9-10,15-16,21-22,27-28,33-72,76H2,1-2H3,(H,79,80)/b7-5-,8-6-,13-11-,14-12-,19-17-,20-18-,25-23-,26-24-,31-29-,32-30-. The van der Waals surface area contributed by atoms with E-state index in [2.05, 4.69) is 135 Å². The van der Waals surface area contributed by atoms with Crippen molar-refractivity contribution in [3.8, 4) is 0 Å². The van der Waals surface area contributed by atoms with Crippen molar-refractivity contribution >= 4 is 19.8 Å². The van der Waals surface area contributed by atoms with Gasteiger partial charge in [0.1, 0.15) is 6.61 Å². The molecule has 2 atom stereocenters. The van der Waals surface area contributed by atoms with Gasteiger partial charge in [-0.15, -0.1) is 0 Å². The Morgan fingerprint density at radius 2 is 0.612 bits per heavy atom. The van der Waals surface area contributed by atoms with Crippen LogP contribution in [-0.4, -0.2) is 49.3 Å². The average molecular weight is 1200 g/mol. The van der Waals surface area contributed by atoms with Crippen LogP contribution in [0.25, 0.3) is 0 Å². The monoisotopic (exact) mass is 1200 g/mol. The Hall–Kier alpha value is -3.59. The van der Waals surface area contributed by atoms with Crippen molar-refractivity contribution in [2.24, 2.45) is 5.73 Å². The molecule has 0 bridgehead atoms. The Kier molecular flexibility index (Phi) is 66.6. The fourth-order valence-corrected chi connectivity index (χ4v) is 10.5. The van der Waals surface area contributed by atoms with Gasteiger partial charge >= 0.3 is 19.8 Å². The summed E-state index contributed by atoms with van der Waals surface area (Å²) in [6.45, 7) is 3.54. The third-order valence-corrected chi connectivity index (χ3v) is 15.8. The summed E-state index contributed by atoms with van der Waals surface area (Å²) in [7, 11) is -4.40. The molecule has 0 aromatic carbocycles. The second kappa shape index (κ2) is 69.5. The highest BCUT2D eigenvalue weighted by Gasteiger charge is 2.26. The Labute approximate surface area is 523 Å². The molecular formula is C75H130NO8P. The van der Waals surface area contributed by atoms with E-state index in [0.717, 1.165) is 103 Å². The van der Waals surface area contributed by atoms with Crippen LogP contribution >= 0.6 is 7.82 Å². The average Bonchev–Trinajstić information content (AvgIpc) is 3.52. The zero-order chi connectivity index (χ0) is 61.6. The van der Waals surface area contributed by atoms with Crippen LogP contribution in [0.3, 0.4) is 0 Å². The van der Waals surface area contributed by atoms with Crippen molar-refractivity contribution in [2.75, 3.05) is 26.4 Å². The Morgan fingerprint density at radius 1 is 0.353 bits per heavy atom. The maximum absolute atomic E-state index is 12.8. The molecule has 0 spiro atoms. The number of ether oxygens (including phenoxy) is 2. The maximum atomic E-state index is 12.8. The molecule has 10 heteroatoms. The van der Waals surface area contributed by atoms with Crippen molar-refractivity contribution in [3.05, 3.63) is 122 Å². The van der Waals surface area contributed by atoms with Crippen LogP contribution in [0.4, 0.5) is 0 Å². The molecule has 0 aliphatic carbocycles. The van der Waals surface area contributed by atoms with E-state index in [1.807, 2.05) is 0 Å². The van der Waals surface area contributed by atoms with Gasteiger partial charge in [-0.05, 0) is 103 Å². The summed E-state index contributed by atoms with van der Waals surface area (Å²) in [4.78, 5) is 35.4. The van der Waals surface area contributed by atoms with Gasteiger partial charge in [0.2, 0.25) is 0 Å². The van der Waals surface area contributed by atoms with Crippen molar-refractivity contribution in [3.63, 3.8) is 0 Å². The molecule has 0 fully saturated rings. The number of unbranched alkanes of at least 4 members (excludes halogenated alkanes) is 32.